The van der Waals surface area contributed by atoms with Crippen molar-refractivity contribution in [2.24, 2.45) is 0 Å². The van der Waals surface area contributed by atoms with E-state index in [1.807, 2.05) is 0 Å². The van der Waals surface area contributed by atoms with Gasteiger partial charge in [-0.1, -0.05) is 0 Å². The van der Waals surface area contributed by atoms with Crippen molar-refractivity contribution in [3.63, 3.8) is 0 Å². The molecule has 1 heterocycles. The summed E-state index contributed by atoms with van der Waals surface area (Å²) in [5.74, 6) is 0. The van der Waals surface area contributed by atoms with Crippen LogP contribution in [0.2, 0.25) is 0 Å². The predicted molar refractivity (Wildman–Crippen MR) is 58.1 cm³/mol. The number of fused-ring (bicyclic) bond motifs is 1. The van der Waals surface area contributed by atoms with Crippen LogP contribution in [0.4, 0.5) is 5.69 Å². The number of benzene rings is 1. The quantitative estimate of drug-likeness (QED) is 0.591. The average Bonchev–Trinajstić information content (AvgIpc) is 2.28. The molecule has 17 heavy (non-hydrogen) atoms. The van der Waals surface area contributed by atoms with Crippen LogP contribution >= 0.6 is 0 Å². The Morgan fingerprint density at radius 2 is 2.29 bits per heavy atom. The van der Waals surface area contributed by atoms with Crippen molar-refractivity contribution in [1.82, 2.24) is 4.98 Å². The monoisotopic (exact) mass is 236 g/mol. The van der Waals surface area contributed by atoms with Gasteiger partial charge in [0, 0.05) is 6.07 Å². The van der Waals surface area contributed by atoms with Crippen LogP contribution in [-0.4, -0.2) is 16.5 Å². The highest BCUT2D eigenvalue weighted by Crippen LogP contribution is 2.20. The van der Waals surface area contributed by atoms with Crippen molar-refractivity contribution >= 4 is 16.7 Å². The second kappa shape index (κ2) is 4.20. The molecular formula is C10H8N2O5. The first-order valence-corrected chi connectivity index (χ1v) is 4.84. The Bertz CT molecular complexity index is 634. The first-order chi connectivity index (χ1) is 8.11. The van der Waals surface area contributed by atoms with Gasteiger partial charge in [0.2, 0.25) is 0 Å². The van der Waals surface area contributed by atoms with Crippen molar-refractivity contribution in [2.75, 3.05) is 6.61 Å². The number of hydrogen-bond acceptors (Lipinski definition) is 6. The fraction of sp³-hybridized carbons (Fsp3) is 0.200. The maximum Gasteiger partial charge on any atom is 0.397 e. The van der Waals surface area contributed by atoms with Crippen LogP contribution in [0.15, 0.2) is 27.4 Å². The molecule has 0 aliphatic carbocycles. The fourth-order valence-corrected chi connectivity index (χ4v) is 1.33. The van der Waals surface area contributed by atoms with E-state index in [0.717, 1.165) is 0 Å². The Kier molecular flexibility index (Phi) is 2.73. The zero-order valence-corrected chi connectivity index (χ0v) is 8.87. The number of aromatic nitrogens is 1. The standard InChI is InChI=1S/C10H8N2O5/c1-2-16-10-11-9(13)7-4-3-6(12(14)15)5-8(7)17-10/h3-5H,2H2,1H3. The zero-order valence-electron chi connectivity index (χ0n) is 8.87. The van der Waals surface area contributed by atoms with Crippen LogP contribution in [0.1, 0.15) is 6.92 Å². The smallest absolute Gasteiger partial charge is 0.397 e. The predicted octanol–water partition coefficient (Wildman–Crippen LogP) is 1.49. The lowest BCUT2D eigenvalue weighted by molar-refractivity contribution is -0.384. The van der Waals surface area contributed by atoms with E-state index < -0.39 is 10.5 Å². The number of rotatable bonds is 3. The summed E-state index contributed by atoms with van der Waals surface area (Å²) in [5, 5.41) is 10.8. The third-order valence-electron chi connectivity index (χ3n) is 2.06. The molecule has 2 aromatic rings. The Hall–Kier alpha value is -2.44. The lowest BCUT2D eigenvalue weighted by Gasteiger charge is -2.01. The summed E-state index contributed by atoms with van der Waals surface area (Å²) in [6, 6.07) is 3.70. The van der Waals surface area contributed by atoms with E-state index in [0.29, 0.717) is 0 Å². The van der Waals surface area contributed by atoms with E-state index in [1.54, 1.807) is 6.92 Å². The van der Waals surface area contributed by atoms with E-state index in [-0.39, 0.29) is 29.3 Å². The summed E-state index contributed by atoms with van der Waals surface area (Å²) in [6.07, 6.45) is -0.189. The van der Waals surface area contributed by atoms with Gasteiger partial charge >= 0.3 is 6.08 Å². The molecule has 0 saturated carbocycles. The molecule has 0 unspecified atom stereocenters. The Morgan fingerprint density at radius 1 is 1.53 bits per heavy atom. The normalized spacial score (nSPS) is 10.4. The molecule has 0 radical (unpaired) electrons. The number of ether oxygens (including phenoxy) is 1. The number of nitrogens with zero attached hydrogens (tertiary/aromatic N) is 2. The van der Waals surface area contributed by atoms with Crippen molar-refractivity contribution in [2.45, 2.75) is 6.92 Å². The Balaban J connectivity index is 2.66. The van der Waals surface area contributed by atoms with Gasteiger partial charge < -0.3 is 9.15 Å². The molecule has 0 aliphatic heterocycles. The molecule has 0 saturated heterocycles. The van der Waals surface area contributed by atoms with Gasteiger partial charge in [0.05, 0.1) is 23.0 Å². The summed E-state index contributed by atoms with van der Waals surface area (Å²) in [7, 11) is 0. The molecule has 0 fully saturated rings. The minimum atomic E-state index is -0.569. The number of non-ortho nitro benzene ring substituents is 1. The highest BCUT2D eigenvalue weighted by molar-refractivity contribution is 5.78. The summed E-state index contributed by atoms with van der Waals surface area (Å²) in [6.45, 7) is 2.00. The highest BCUT2D eigenvalue weighted by atomic mass is 16.6. The lowest BCUT2D eigenvalue weighted by Crippen LogP contribution is -2.08. The molecule has 88 valence electrons. The molecule has 1 aromatic carbocycles. The molecule has 0 bridgehead atoms. The molecule has 7 nitrogen and oxygen atoms in total. The molecule has 0 N–H and O–H groups in total. The summed E-state index contributed by atoms with van der Waals surface area (Å²) < 4.78 is 10.1. The van der Waals surface area contributed by atoms with Crippen LogP contribution < -0.4 is 10.3 Å². The van der Waals surface area contributed by atoms with E-state index in [4.69, 9.17) is 9.15 Å². The van der Waals surface area contributed by atoms with E-state index in [1.165, 1.54) is 18.2 Å². The molecule has 0 amide bonds. The maximum absolute atomic E-state index is 11.5. The van der Waals surface area contributed by atoms with Gasteiger partial charge in [-0.3, -0.25) is 14.9 Å². The average molecular weight is 236 g/mol. The summed E-state index contributed by atoms with van der Waals surface area (Å²) in [5.41, 5.74) is -0.610. The molecule has 0 atom stereocenters. The number of nitro benzene ring substituents is 1. The highest BCUT2D eigenvalue weighted by Gasteiger charge is 2.12. The topological polar surface area (TPSA) is 95.5 Å². The summed E-state index contributed by atoms with van der Waals surface area (Å²) >= 11 is 0. The van der Waals surface area contributed by atoms with Gasteiger partial charge in [-0.05, 0) is 13.0 Å². The van der Waals surface area contributed by atoms with E-state index >= 15 is 0 Å². The molecule has 0 aliphatic rings. The molecule has 2 rings (SSSR count). The first-order valence-electron chi connectivity index (χ1n) is 4.84. The zero-order chi connectivity index (χ0) is 12.4. The fourth-order valence-electron chi connectivity index (χ4n) is 1.33. The van der Waals surface area contributed by atoms with Gasteiger partial charge in [0.15, 0.2) is 5.58 Å². The van der Waals surface area contributed by atoms with Crippen molar-refractivity contribution < 1.29 is 14.1 Å². The Morgan fingerprint density at radius 3 is 2.94 bits per heavy atom. The lowest BCUT2D eigenvalue weighted by atomic mass is 10.2. The van der Waals surface area contributed by atoms with Gasteiger partial charge in [-0.25, -0.2) is 0 Å². The Labute approximate surface area is 94.8 Å². The second-order valence-electron chi connectivity index (χ2n) is 3.16. The second-order valence-corrected chi connectivity index (χ2v) is 3.16. The largest absolute Gasteiger partial charge is 0.450 e. The molecule has 0 spiro atoms. The van der Waals surface area contributed by atoms with Crippen LogP contribution in [0.25, 0.3) is 11.0 Å². The van der Waals surface area contributed by atoms with Crippen LogP contribution in [0, 0.1) is 10.1 Å². The number of hydrogen-bond donors (Lipinski definition) is 0. The van der Waals surface area contributed by atoms with Crippen LogP contribution in [0.3, 0.4) is 0 Å². The van der Waals surface area contributed by atoms with Crippen molar-refractivity contribution in [3.05, 3.63) is 38.7 Å². The van der Waals surface area contributed by atoms with Crippen molar-refractivity contribution in [3.8, 4) is 6.08 Å². The van der Waals surface area contributed by atoms with Gasteiger partial charge in [0.1, 0.15) is 0 Å². The molecule has 7 heteroatoms. The minimum absolute atomic E-state index is 0.0858. The van der Waals surface area contributed by atoms with Crippen LogP contribution in [0.5, 0.6) is 6.08 Å². The maximum atomic E-state index is 11.5. The third-order valence-corrected chi connectivity index (χ3v) is 2.06. The van der Waals surface area contributed by atoms with Crippen molar-refractivity contribution in [1.29, 1.82) is 0 Å². The SMILES string of the molecule is CCOc1nc(=O)c2ccc([N+](=O)[O-])cc2o1. The first kappa shape index (κ1) is 11.1. The number of nitro groups is 1. The summed E-state index contributed by atoms with van der Waals surface area (Å²) in [4.78, 5) is 25.1. The van der Waals surface area contributed by atoms with E-state index in [9.17, 15) is 14.9 Å². The molecule has 1 aromatic heterocycles. The van der Waals surface area contributed by atoms with Crippen LogP contribution in [-0.2, 0) is 0 Å². The van der Waals surface area contributed by atoms with Gasteiger partial charge in [-0.15, -0.1) is 4.98 Å². The molecular weight excluding hydrogens is 228 g/mol. The van der Waals surface area contributed by atoms with Gasteiger partial charge in [-0.2, -0.15) is 0 Å². The van der Waals surface area contributed by atoms with E-state index in [2.05, 4.69) is 4.98 Å². The minimum Gasteiger partial charge on any atom is -0.450 e. The van der Waals surface area contributed by atoms with Gasteiger partial charge in [0.25, 0.3) is 11.2 Å². The third kappa shape index (κ3) is 2.07.